The van der Waals surface area contributed by atoms with E-state index in [0.717, 1.165) is 57.3 Å². The van der Waals surface area contributed by atoms with Crippen LogP contribution in [-0.4, -0.2) is 157 Å². The maximum absolute atomic E-state index is 13.9. The number of nitrogens with zero attached hydrogens (tertiary/aromatic N) is 10. The molecule has 0 saturated carbocycles. The van der Waals surface area contributed by atoms with Crippen LogP contribution in [0.4, 0.5) is 10.3 Å². The monoisotopic (exact) mass is 1210 g/mol. The van der Waals surface area contributed by atoms with E-state index in [2.05, 4.69) is 30.9 Å². The van der Waals surface area contributed by atoms with Crippen molar-refractivity contribution in [1.29, 1.82) is 0 Å². The number of carboxylic acid groups (broad SMARTS) is 2. The molecule has 2 fully saturated rings. The first-order chi connectivity index (χ1) is 39.2. The van der Waals surface area contributed by atoms with Gasteiger partial charge in [0.05, 0.1) is 47.3 Å². The highest BCUT2D eigenvalue weighted by molar-refractivity contribution is 7.81. The van der Waals surface area contributed by atoms with E-state index in [4.69, 9.17) is 50.7 Å². The molecule has 83 heavy (non-hydrogen) atoms. The molecule has 4 amide bonds. The second-order valence-electron chi connectivity index (χ2n) is 19.8. The van der Waals surface area contributed by atoms with Gasteiger partial charge in [-0.25, -0.2) is 19.6 Å². The van der Waals surface area contributed by atoms with Gasteiger partial charge in [0.1, 0.15) is 48.2 Å². The van der Waals surface area contributed by atoms with Crippen molar-refractivity contribution in [3.05, 3.63) is 70.9 Å². The number of nitrogen functional groups attached to an aromatic ring is 2. The molecule has 12 N–H and O–H groups in total. The summed E-state index contributed by atoms with van der Waals surface area (Å²) in [7, 11) is -1.59. The van der Waals surface area contributed by atoms with Crippen LogP contribution in [0.1, 0.15) is 51.9 Å². The number of amides is 4. The Morgan fingerprint density at radius 2 is 1.08 bits per heavy atom. The summed E-state index contributed by atoms with van der Waals surface area (Å²) in [5.41, 5.74) is 19.9. The number of oxime groups is 2. The van der Waals surface area contributed by atoms with E-state index in [0.29, 0.717) is 47.8 Å². The molecule has 0 spiro atoms. The van der Waals surface area contributed by atoms with Gasteiger partial charge in [0.2, 0.25) is 11.0 Å². The van der Waals surface area contributed by atoms with Gasteiger partial charge in [0, 0.05) is 22.9 Å². The first-order valence-electron chi connectivity index (χ1n) is 25.2. The lowest BCUT2D eigenvalue weighted by Gasteiger charge is -2.52. The molecule has 4 atom stereocenters. The Bertz CT molecular complexity index is 3440. The number of carbonyl (C=O) groups excluding carboxylic acids is 4. The molecule has 4 aromatic heterocycles. The van der Waals surface area contributed by atoms with Gasteiger partial charge in [-0.3, -0.25) is 19.2 Å². The van der Waals surface area contributed by atoms with Crippen molar-refractivity contribution < 1.29 is 84.5 Å². The summed E-state index contributed by atoms with van der Waals surface area (Å²) in [6.45, 7) is 6.46. The van der Waals surface area contributed by atoms with E-state index in [1.165, 1.54) is 38.5 Å². The lowest BCUT2D eigenvalue weighted by atomic mass is 9.84. The zero-order chi connectivity index (χ0) is 60.3. The molecule has 6 heterocycles. The van der Waals surface area contributed by atoms with Crippen molar-refractivity contribution in [2.75, 3.05) is 37.8 Å². The number of thiazole rings is 2. The fourth-order valence-electron chi connectivity index (χ4n) is 8.67. The summed E-state index contributed by atoms with van der Waals surface area (Å²) in [5.74, 6) is -6.90. The molecule has 2 aliphatic rings. The van der Waals surface area contributed by atoms with Crippen LogP contribution in [0.2, 0.25) is 0 Å². The Balaban J connectivity index is 0.880. The maximum Gasteiger partial charge on any atom is 0.442 e. The second kappa shape index (κ2) is 24.5. The third-order valence-electron chi connectivity index (χ3n) is 13.3. The Morgan fingerprint density at radius 1 is 0.699 bits per heavy atom. The third-order valence-corrected chi connectivity index (χ3v) is 15.3. The average molecular weight is 1210 g/mol. The summed E-state index contributed by atoms with van der Waals surface area (Å²) in [6.07, 6.45) is 1.73. The molecule has 2 saturated heterocycles. The molecular formula is C48H60N16O16S3+2. The molecule has 35 heteroatoms. The number of ether oxygens (including phenoxy) is 2. The summed E-state index contributed by atoms with van der Waals surface area (Å²) < 4.78 is 56.2. The number of hydroxylamine groups is 4. The van der Waals surface area contributed by atoms with Crippen LogP contribution < -0.4 is 52.4 Å². The van der Waals surface area contributed by atoms with Crippen molar-refractivity contribution in [3.8, 4) is 11.5 Å². The Kier molecular flexibility index (Phi) is 17.8. The Labute approximate surface area is 479 Å². The minimum Gasteiger partial charge on any atom is -0.489 e. The SMILES string of the molecule is C[n+]1c2ccc(OC[C@H](O/N=C(\C(=O)N[C@@H]3C(=O)N(OS(=O)(=O)ON4C(=O)[C@@H](NC(=O)/C(=N\O[C@@H](COc5ccc6c(c5)cn(CCCN)[n+]6C)C(=O)O)c5csc(N)n5)C4(C)C)C3(C)C)c3csc(N)n3)C(=O)O)cc2cn1CCCN. The minimum absolute atomic E-state index is 0.00857. The van der Waals surface area contributed by atoms with Gasteiger partial charge in [-0.2, -0.15) is 27.9 Å². The van der Waals surface area contributed by atoms with Gasteiger partial charge in [0.15, 0.2) is 35.8 Å². The van der Waals surface area contributed by atoms with Crippen LogP contribution in [0.5, 0.6) is 11.5 Å². The predicted molar refractivity (Wildman–Crippen MR) is 293 cm³/mol. The van der Waals surface area contributed by atoms with Crippen LogP contribution in [0.15, 0.2) is 69.9 Å². The van der Waals surface area contributed by atoms with Crippen LogP contribution in [0.25, 0.3) is 21.8 Å². The van der Waals surface area contributed by atoms with Crippen molar-refractivity contribution in [2.45, 2.75) is 89.0 Å². The fraction of sp³-hybridized carbons (Fsp3) is 0.417. The van der Waals surface area contributed by atoms with Crippen molar-refractivity contribution in [2.24, 2.45) is 35.9 Å². The van der Waals surface area contributed by atoms with Gasteiger partial charge in [-0.05, 0) is 77.9 Å². The van der Waals surface area contributed by atoms with E-state index < -0.39 is 106 Å². The molecule has 0 bridgehead atoms. The number of hydrogen-bond acceptors (Lipinski definition) is 24. The van der Waals surface area contributed by atoms with E-state index in [1.54, 1.807) is 36.4 Å². The first-order valence-corrected chi connectivity index (χ1v) is 28.3. The highest BCUT2D eigenvalue weighted by atomic mass is 32.3. The number of nitrogens with two attached hydrogens (primary N) is 4. The number of hydrogen-bond donors (Lipinski definition) is 8. The lowest BCUT2D eigenvalue weighted by molar-refractivity contribution is -0.730. The number of aliphatic carboxylic acids is 2. The van der Waals surface area contributed by atoms with Gasteiger partial charge in [-0.15, -0.1) is 40.6 Å². The Morgan fingerprint density at radius 3 is 1.41 bits per heavy atom. The number of aromatic nitrogens is 6. The number of nitrogens with one attached hydrogen (secondary N) is 2. The van der Waals surface area contributed by atoms with Crippen LogP contribution >= 0.6 is 22.7 Å². The standard InChI is InChI=1S/C48H58N16O16S3/c1-47(2)37(55-39(65)35(29-23-81-45(51)53-29)57-77-33(43(69)70)21-75-27-9-11-31-25(17-27)19-61(59(31)5)15-7-13-49)41(67)63(47)79-83(73,74)80-64-42(68)38(48(64,3)4)56-40(66)36(30-24-82-46(52)54-30)58-78-34(44(71)72)22-76-28-10-12-32-26(18-28)20-62(60(32)6)16-8-14-50/h9-12,17-20,23-24,33-34,37-38H,7-8,13-16,21-22,49-50H2,1-6H3,(H6-2,51,52,53,54,55,56,65,66,69,70,71,72)/p+2/b57-35-,58-36-/t33-,34-,37+,38+/m0/s1. The zero-order valence-corrected chi connectivity index (χ0v) is 47.8. The molecule has 6 aromatic rings. The van der Waals surface area contributed by atoms with E-state index in [9.17, 15) is 47.4 Å². The second-order valence-corrected chi connectivity index (χ2v) is 22.7. The molecule has 0 radical (unpaired) electrons. The molecular weight excluding hydrogens is 1150 g/mol. The number of carbonyl (C=O) groups is 6. The number of β-lactam (4-membered cyclic amide) rings is 2. The molecule has 8 rings (SSSR count). The number of rotatable bonds is 28. The Hall–Kier alpha value is -8.61. The average Bonchev–Trinajstić information content (AvgIpc) is 2.14. The molecule has 2 aromatic carbocycles. The third kappa shape index (κ3) is 13.0. The van der Waals surface area contributed by atoms with Crippen LogP contribution in [-0.2, 0) is 84.6 Å². The number of aryl methyl sites for hydroxylation is 4. The number of benzene rings is 2. The topological polar surface area (TPSA) is 435 Å². The smallest absolute Gasteiger partial charge is 0.442 e. The normalized spacial score (nSPS) is 17.6. The highest BCUT2D eigenvalue weighted by Gasteiger charge is 2.61. The summed E-state index contributed by atoms with van der Waals surface area (Å²) in [6, 6.07) is 7.23. The van der Waals surface area contributed by atoms with Gasteiger partial charge in [-0.1, -0.05) is 10.3 Å². The number of carboxylic acids is 2. The minimum atomic E-state index is -5.36. The summed E-state index contributed by atoms with van der Waals surface area (Å²) in [5, 5.41) is 37.4. The van der Waals surface area contributed by atoms with E-state index in [-0.39, 0.29) is 21.7 Å². The van der Waals surface area contributed by atoms with Crippen LogP contribution in [0.3, 0.4) is 0 Å². The van der Waals surface area contributed by atoms with Crippen molar-refractivity contribution in [1.82, 2.24) is 40.1 Å². The largest absolute Gasteiger partial charge is 0.489 e. The number of anilines is 2. The molecule has 0 aliphatic carbocycles. The molecule has 0 unspecified atom stereocenters. The van der Waals surface area contributed by atoms with Crippen molar-refractivity contribution >= 4 is 112 Å². The van der Waals surface area contributed by atoms with Crippen LogP contribution in [0, 0.1) is 0 Å². The lowest BCUT2D eigenvalue weighted by Crippen LogP contribution is -2.78. The van der Waals surface area contributed by atoms with E-state index in [1.807, 2.05) is 45.2 Å². The fourth-order valence-corrected chi connectivity index (χ4v) is 10.7. The predicted octanol–water partition coefficient (Wildman–Crippen LogP) is -1.45. The van der Waals surface area contributed by atoms with Gasteiger partial charge < -0.3 is 62.9 Å². The van der Waals surface area contributed by atoms with Gasteiger partial charge in [0.25, 0.3) is 35.8 Å². The molecule has 32 nitrogen and oxygen atoms in total. The molecule has 2 aliphatic heterocycles. The highest BCUT2D eigenvalue weighted by Crippen LogP contribution is 2.37. The summed E-state index contributed by atoms with van der Waals surface area (Å²) >= 11 is 1.81. The van der Waals surface area contributed by atoms with E-state index >= 15 is 0 Å². The van der Waals surface area contributed by atoms with Crippen molar-refractivity contribution in [3.63, 3.8) is 0 Å². The molecule has 444 valence electrons. The summed E-state index contributed by atoms with van der Waals surface area (Å²) in [4.78, 5) is 98.2. The maximum atomic E-state index is 13.9. The zero-order valence-electron chi connectivity index (χ0n) is 45.4. The van der Waals surface area contributed by atoms with Gasteiger partial charge >= 0.3 is 22.3 Å². The number of fused-ring (bicyclic) bond motifs is 2. The first kappa shape index (κ1) is 60.5. The quantitative estimate of drug-likeness (QED) is 0.0120.